The van der Waals surface area contributed by atoms with Crippen molar-refractivity contribution >= 4 is 52.3 Å². The highest BCUT2D eigenvalue weighted by atomic mass is 16.3. The van der Waals surface area contributed by atoms with Gasteiger partial charge in [0, 0.05) is 43.0 Å². The zero-order valence-electron chi connectivity index (χ0n) is 26.0. The molecule has 14 nitrogen and oxygen atoms in total. The normalized spacial score (nSPS) is 30.1. The number of nitrogens with one attached hydrogen (secondary N) is 2. The lowest BCUT2D eigenvalue weighted by molar-refractivity contribution is -0.181. The van der Waals surface area contributed by atoms with Crippen molar-refractivity contribution in [1.29, 1.82) is 0 Å². The van der Waals surface area contributed by atoms with E-state index in [1.807, 2.05) is 0 Å². The molecule has 0 heterocycles. The lowest BCUT2D eigenvalue weighted by Crippen LogP contribution is -2.74. The second kappa shape index (κ2) is 12.0. The van der Waals surface area contributed by atoms with E-state index in [4.69, 9.17) is 11.5 Å². The predicted molar refractivity (Wildman–Crippen MR) is 165 cm³/mol. The van der Waals surface area contributed by atoms with Gasteiger partial charge in [0.25, 0.3) is 0 Å². The molecule has 7 N–H and O–H groups in total. The van der Waals surface area contributed by atoms with Gasteiger partial charge in [0.05, 0.1) is 12.0 Å². The summed E-state index contributed by atoms with van der Waals surface area (Å²) in [6.45, 7) is -0.250. The van der Waals surface area contributed by atoms with E-state index in [1.54, 1.807) is 39.2 Å². The number of hydrogen-bond acceptors (Lipinski definition) is 10. The summed E-state index contributed by atoms with van der Waals surface area (Å²) in [4.78, 5) is 87.2. The molecule has 4 aliphatic rings. The van der Waals surface area contributed by atoms with E-state index in [1.165, 1.54) is 11.0 Å². The smallest absolute Gasteiger partial charge is 0.246 e. The van der Waals surface area contributed by atoms with Crippen molar-refractivity contribution in [3.8, 4) is 0 Å². The van der Waals surface area contributed by atoms with Crippen LogP contribution in [0.1, 0.15) is 48.0 Å². The Balaban J connectivity index is 1.45. The van der Waals surface area contributed by atoms with Crippen molar-refractivity contribution in [3.63, 3.8) is 0 Å². The Morgan fingerprint density at radius 2 is 1.71 bits per heavy atom. The minimum atomic E-state index is -2.74. The number of anilines is 2. The molecule has 0 radical (unpaired) electrons. The number of likely N-dealkylation sites (N-methyl/N-ethyl adjacent to an activating group) is 1. The van der Waals surface area contributed by atoms with Gasteiger partial charge in [-0.1, -0.05) is 12.8 Å². The Morgan fingerprint density at radius 1 is 1.04 bits per heavy atom. The van der Waals surface area contributed by atoms with Crippen LogP contribution < -0.4 is 27.0 Å². The Bertz CT molecular complexity index is 1500. The molecule has 0 aromatic heterocycles. The molecule has 242 valence electrons. The molecule has 4 unspecified atom stereocenters. The number of ketones is 4. The molecule has 6 atom stereocenters. The van der Waals surface area contributed by atoms with Crippen LogP contribution in [0.2, 0.25) is 0 Å². The topological polar surface area (TPSA) is 218 Å². The summed E-state index contributed by atoms with van der Waals surface area (Å²) in [5.74, 6) is -10.4. The lowest BCUT2D eigenvalue weighted by Gasteiger charge is -2.52. The third kappa shape index (κ3) is 5.50. The summed E-state index contributed by atoms with van der Waals surface area (Å²) in [6.07, 6.45) is 4.49. The monoisotopic (exact) mass is 623 g/mol. The first-order valence-electron chi connectivity index (χ1n) is 15.2. The molecule has 0 aliphatic heterocycles. The summed E-state index contributed by atoms with van der Waals surface area (Å²) >= 11 is 0. The maximum absolute atomic E-state index is 14.1. The van der Waals surface area contributed by atoms with Crippen LogP contribution in [-0.4, -0.2) is 103 Å². The number of Topliss-reactive ketones (excluding diaryl/α,β-unsaturated/α-hetero) is 4. The number of aliphatic hydroxyl groups is 1. The Labute approximate surface area is 260 Å². The van der Waals surface area contributed by atoms with Gasteiger partial charge in [-0.05, 0) is 63.4 Å². The SMILES string of the molecule is CN(C)c1cc(NC(=O)CN=C(N)NC2CCCC2)cc2c1CC1CC3[C@H](N(C)C)C(=O)C(C(N)=O)C(=O)[C@@]3(O)C(=O)C1C2=O. The number of fused-ring (bicyclic) bond motifs is 3. The number of carbonyl (C=O) groups is 6. The number of benzene rings is 1. The number of rotatable bonds is 7. The number of hydrogen-bond donors (Lipinski definition) is 5. The van der Waals surface area contributed by atoms with Crippen LogP contribution in [0.15, 0.2) is 17.1 Å². The fourth-order valence-electron chi connectivity index (χ4n) is 7.74. The van der Waals surface area contributed by atoms with E-state index < -0.39 is 70.3 Å². The van der Waals surface area contributed by atoms with Gasteiger partial charge in [-0.25, -0.2) is 4.99 Å². The van der Waals surface area contributed by atoms with Crippen LogP contribution in [0.4, 0.5) is 11.4 Å². The minimum Gasteiger partial charge on any atom is -0.377 e. The van der Waals surface area contributed by atoms with Crippen LogP contribution in [0.5, 0.6) is 0 Å². The maximum atomic E-state index is 14.1. The Hall–Kier alpha value is -4.17. The van der Waals surface area contributed by atoms with E-state index in [2.05, 4.69) is 15.6 Å². The second-order valence-corrected chi connectivity index (χ2v) is 13.1. The van der Waals surface area contributed by atoms with Gasteiger partial charge in [0.2, 0.25) is 11.8 Å². The van der Waals surface area contributed by atoms with Crippen molar-refractivity contribution in [1.82, 2.24) is 10.2 Å². The first kappa shape index (κ1) is 32.2. The second-order valence-electron chi connectivity index (χ2n) is 13.1. The van der Waals surface area contributed by atoms with Crippen molar-refractivity contribution < 1.29 is 33.9 Å². The molecule has 2 amide bonds. The van der Waals surface area contributed by atoms with Crippen LogP contribution in [0, 0.1) is 23.7 Å². The Kier molecular flexibility index (Phi) is 8.57. The van der Waals surface area contributed by atoms with Crippen molar-refractivity contribution in [2.75, 3.05) is 45.0 Å². The number of carbonyl (C=O) groups excluding carboxylic acids is 6. The molecule has 45 heavy (non-hydrogen) atoms. The number of nitrogens with zero attached hydrogens (tertiary/aromatic N) is 3. The number of guanidine groups is 1. The van der Waals surface area contributed by atoms with Crippen LogP contribution in [0.25, 0.3) is 0 Å². The van der Waals surface area contributed by atoms with E-state index in [9.17, 15) is 33.9 Å². The van der Waals surface area contributed by atoms with E-state index in [-0.39, 0.29) is 37.0 Å². The molecular weight excluding hydrogens is 582 g/mol. The first-order chi connectivity index (χ1) is 21.2. The summed E-state index contributed by atoms with van der Waals surface area (Å²) < 4.78 is 0. The van der Waals surface area contributed by atoms with Gasteiger partial charge in [0.1, 0.15) is 6.54 Å². The highest BCUT2D eigenvalue weighted by molar-refractivity contribution is 6.32. The predicted octanol–water partition coefficient (Wildman–Crippen LogP) is -0.987. The van der Waals surface area contributed by atoms with Crippen LogP contribution in [-0.2, 0) is 30.4 Å². The summed E-state index contributed by atoms with van der Waals surface area (Å²) in [7, 11) is 6.68. The van der Waals surface area contributed by atoms with Gasteiger partial charge in [-0.3, -0.25) is 33.7 Å². The third-order valence-electron chi connectivity index (χ3n) is 9.77. The number of amides is 2. The van der Waals surface area contributed by atoms with Crippen molar-refractivity contribution in [2.24, 2.45) is 40.1 Å². The average molecular weight is 624 g/mol. The molecule has 4 aliphatic carbocycles. The van der Waals surface area contributed by atoms with Crippen molar-refractivity contribution in [2.45, 2.75) is 56.2 Å². The fraction of sp³-hybridized carbons (Fsp3) is 0.581. The fourth-order valence-corrected chi connectivity index (χ4v) is 7.74. The molecule has 5 rings (SSSR count). The summed E-state index contributed by atoms with van der Waals surface area (Å²) in [5, 5.41) is 17.6. The largest absolute Gasteiger partial charge is 0.377 e. The molecule has 0 saturated heterocycles. The zero-order chi connectivity index (χ0) is 33.0. The van der Waals surface area contributed by atoms with Crippen molar-refractivity contribution in [3.05, 3.63) is 23.3 Å². The standard InChI is InChI=1S/C31H41N7O7/c1-37(2)20-12-16(35-21(39)13-34-30(33)36-15-7-5-6-8-15)11-18-17(20)9-14-10-19-24(38(3)4)26(41)23(29(32)44)28(43)31(19,45)27(42)22(14)25(18)40/h11-12,14-15,19,22-24,45H,5-10,13H2,1-4H3,(H2,32,44)(H,35,39)(H3,33,34,36)/t14?,19?,22?,23?,24-,31-/m0/s1. The van der Waals surface area contributed by atoms with E-state index in [0.717, 1.165) is 25.7 Å². The number of nitrogens with two attached hydrogens (primary N) is 2. The Morgan fingerprint density at radius 3 is 2.31 bits per heavy atom. The van der Waals surface area contributed by atoms with Crippen LogP contribution >= 0.6 is 0 Å². The molecule has 0 spiro atoms. The molecule has 1 aromatic carbocycles. The zero-order valence-corrected chi connectivity index (χ0v) is 26.0. The molecule has 14 heteroatoms. The minimum absolute atomic E-state index is 0.0174. The maximum Gasteiger partial charge on any atom is 0.246 e. The van der Waals surface area contributed by atoms with E-state index >= 15 is 0 Å². The highest BCUT2D eigenvalue weighted by Gasteiger charge is 2.69. The first-order valence-corrected chi connectivity index (χ1v) is 15.2. The van der Waals surface area contributed by atoms with Gasteiger partial charge in [0.15, 0.2) is 40.6 Å². The van der Waals surface area contributed by atoms with Gasteiger partial charge in [-0.15, -0.1) is 0 Å². The van der Waals surface area contributed by atoms with Gasteiger partial charge >= 0.3 is 0 Å². The highest BCUT2D eigenvalue weighted by Crippen LogP contribution is 2.51. The molecule has 0 bridgehead atoms. The molecular formula is C31H41N7O7. The van der Waals surface area contributed by atoms with E-state index in [0.29, 0.717) is 16.9 Å². The van der Waals surface area contributed by atoms with Gasteiger partial charge in [-0.2, -0.15) is 0 Å². The molecule has 1 aromatic rings. The average Bonchev–Trinajstić information content (AvgIpc) is 3.46. The number of primary amides is 1. The quantitative estimate of drug-likeness (QED) is 0.141. The number of aliphatic imine (C=N–C) groups is 1. The van der Waals surface area contributed by atoms with Gasteiger partial charge < -0.3 is 32.1 Å². The molecule has 3 saturated carbocycles. The summed E-state index contributed by atoms with van der Waals surface area (Å²) in [6, 6.07) is 2.31. The molecule has 3 fully saturated rings. The lowest BCUT2D eigenvalue weighted by atomic mass is 9.52. The third-order valence-corrected chi connectivity index (χ3v) is 9.77. The van der Waals surface area contributed by atoms with Crippen LogP contribution in [0.3, 0.4) is 0 Å². The summed E-state index contributed by atoms with van der Waals surface area (Å²) in [5.41, 5.74) is 10.4.